The van der Waals surface area contributed by atoms with E-state index in [9.17, 15) is 0 Å². The van der Waals surface area contributed by atoms with Gasteiger partial charge in [-0.3, -0.25) is 0 Å². The standard InChI is InChI=1S/C13H21N3O2/c1-3-13(17-9-10-18-13)4-2-12(1)15-6-8-16-7-5-14-11-16/h5,7,11-12,15H,1-4,6,8-10H2. The third-order valence-electron chi connectivity index (χ3n) is 3.92. The van der Waals surface area contributed by atoms with E-state index < -0.39 is 0 Å². The third kappa shape index (κ3) is 2.74. The van der Waals surface area contributed by atoms with Gasteiger partial charge in [-0.25, -0.2) is 4.98 Å². The Bertz CT molecular complexity index is 350. The highest BCUT2D eigenvalue weighted by molar-refractivity contribution is 4.85. The number of aromatic nitrogens is 2. The number of imidazole rings is 1. The lowest BCUT2D eigenvalue weighted by Gasteiger charge is -2.35. The SMILES string of the molecule is c1cn(CCNC2CCC3(CC2)OCCO3)cn1. The highest BCUT2D eigenvalue weighted by atomic mass is 16.7. The van der Waals surface area contributed by atoms with Crippen LogP contribution in [-0.4, -0.2) is 41.1 Å². The monoisotopic (exact) mass is 251 g/mol. The van der Waals surface area contributed by atoms with Crippen LogP contribution in [0.3, 0.4) is 0 Å². The normalized spacial score (nSPS) is 23.8. The molecule has 0 radical (unpaired) electrons. The smallest absolute Gasteiger partial charge is 0.168 e. The van der Waals surface area contributed by atoms with Crippen molar-refractivity contribution in [2.75, 3.05) is 19.8 Å². The number of rotatable bonds is 4. The molecule has 0 bridgehead atoms. The Kier molecular flexibility index (Phi) is 3.63. The van der Waals surface area contributed by atoms with Crippen molar-refractivity contribution >= 4 is 0 Å². The summed E-state index contributed by atoms with van der Waals surface area (Å²) >= 11 is 0. The van der Waals surface area contributed by atoms with Crippen molar-refractivity contribution in [1.82, 2.24) is 14.9 Å². The molecule has 1 spiro atoms. The highest BCUT2D eigenvalue weighted by Gasteiger charge is 2.39. The predicted molar refractivity (Wildman–Crippen MR) is 67.1 cm³/mol. The molecule has 1 aromatic rings. The zero-order valence-corrected chi connectivity index (χ0v) is 10.7. The molecular formula is C13H21N3O2. The summed E-state index contributed by atoms with van der Waals surface area (Å²) in [7, 11) is 0. The zero-order valence-electron chi connectivity index (χ0n) is 10.7. The molecule has 0 amide bonds. The van der Waals surface area contributed by atoms with Crippen LogP contribution in [-0.2, 0) is 16.0 Å². The van der Waals surface area contributed by atoms with Gasteiger partial charge in [-0.1, -0.05) is 0 Å². The van der Waals surface area contributed by atoms with E-state index in [0.717, 1.165) is 52.0 Å². The summed E-state index contributed by atoms with van der Waals surface area (Å²) in [6.07, 6.45) is 10.0. The Morgan fingerprint density at radius 3 is 2.72 bits per heavy atom. The summed E-state index contributed by atoms with van der Waals surface area (Å²) in [5, 5.41) is 3.61. The lowest BCUT2D eigenvalue weighted by atomic mass is 9.90. The molecule has 2 heterocycles. The summed E-state index contributed by atoms with van der Waals surface area (Å²) in [5.41, 5.74) is 0. The van der Waals surface area contributed by atoms with Crippen LogP contribution < -0.4 is 5.32 Å². The van der Waals surface area contributed by atoms with E-state index in [1.165, 1.54) is 0 Å². The minimum absolute atomic E-state index is 0.234. The second kappa shape index (κ2) is 5.38. The minimum atomic E-state index is -0.234. The molecule has 1 saturated heterocycles. The predicted octanol–water partition coefficient (Wildman–Crippen LogP) is 1.16. The Morgan fingerprint density at radius 2 is 2.06 bits per heavy atom. The van der Waals surface area contributed by atoms with Crippen LogP contribution in [0.25, 0.3) is 0 Å². The van der Waals surface area contributed by atoms with Gasteiger partial charge in [0, 0.05) is 44.4 Å². The molecule has 1 aliphatic heterocycles. The second-order valence-electron chi connectivity index (χ2n) is 5.14. The lowest BCUT2D eigenvalue weighted by Crippen LogP contribution is -2.42. The van der Waals surface area contributed by atoms with E-state index in [0.29, 0.717) is 6.04 Å². The number of hydrogen-bond donors (Lipinski definition) is 1. The number of nitrogens with zero attached hydrogens (tertiary/aromatic N) is 2. The summed E-state index contributed by atoms with van der Waals surface area (Å²) in [6.45, 7) is 3.50. The molecule has 1 saturated carbocycles. The van der Waals surface area contributed by atoms with Gasteiger partial charge in [0.25, 0.3) is 0 Å². The van der Waals surface area contributed by atoms with Crippen LogP contribution in [0, 0.1) is 0 Å². The Labute approximate surface area is 107 Å². The topological polar surface area (TPSA) is 48.3 Å². The molecular weight excluding hydrogens is 230 g/mol. The van der Waals surface area contributed by atoms with E-state index in [1.807, 2.05) is 18.7 Å². The molecule has 1 aromatic heterocycles. The molecule has 0 aromatic carbocycles. The molecule has 2 aliphatic rings. The Balaban J connectivity index is 1.38. The number of nitrogens with one attached hydrogen (secondary N) is 1. The van der Waals surface area contributed by atoms with E-state index in [4.69, 9.17) is 9.47 Å². The van der Waals surface area contributed by atoms with Crippen LogP contribution in [0.4, 0.5) is 0 Å². The van der Waals surface area contributed by atoms with Gasteiger partial charge in [-0.05, 0) is 12.8 Å². The first-order valence-corrected chi connectivity index (χ1v) is 6.83. The molecule has 3 rings (SSSR count). The van der Waals surface area contributed by atoms with Crippen LogP contribution >= 0.6 is 0 Å². The largest absolute Gasteiger partial charge is 0.348 e. The van der Waals surface area contributed by atoms with Gasteiger partial charge in [0.1, 0.15) is 0 Å². The minimum Gasteiger partial charge on any atom is -0.348 e. The summed E-state index contributed by atoms with van der Waals surface area (Å²) in [6, 6.07) is 0.604. The maximum absolute atomic E-state index is 5.73. The van der Waals surface area contributed by atoms with Crippen LogP contribution in [0.2, 0.25) is 0 Å². The van der Waals surface area contributed by atoms with Crippen molar-refractivity contribution in [2.45, 2.75) is 44.1 Å². The molecule has 2 fully saturated rings. The summed E-state index contributed by atoms with van der Waals surface area (Å²) in [4.78, 5) is 4.04. The third-order valence-corrected chi connectivity index (χ3v) is 3.92. The van der Waals surface area contributed by atoms with Crippen molar-refractivity contribution in [3.05, 3.63) is 18.7 Å². The summed E-state index contributed by atoms with van der Waals surface area (Å²) < 4.78 is 13.6. The summed E-state index contributed by atoms with van der Waals surface area (Å²) in [5.74, 6) is -0.234. The molecule has 18 heavy (non-hydrogen) atoms. The average molecular weight is 251 g/mol. The van der Waals surface area contributed by atoms with Gasteiger partial charge in [0.05, 0.1) is 19.5 Å². The number of hydrogen-bond acceptors (Lipinski definition) is 4. The van der Waals surface area contributed by atoms with Crippen molar-refractivity contribution < 1.29 is 9.47 Å². The van der Waals surface area contributed by atoms with E-state index in [1.54, 1.807) is 0 Å². The fourth-order valence-electron chi connectivity index (χ4n) is 2.86. The molecule has 0 atom stereocenters. The molecule has 1 N–H and O–H groups in total. The molecule has 5 heteroatoms. The average Bonchev–Trinajstić information content (AvgIpc) is 3.04. The maximum Gasteiger partial charge on any atom is 0.168 e. The first-order chi connectivity index (χ1) is 8.86. The Morgan fingerprint density at radius 1 is 1.28 bits per heavy atom. The van der Waals surface area contributed by atoms with Crippen LogP contribution in [0.15, 0.2) is 18.7 Å². The van der Waals surface area contributed by atoms with Gasteiger partial charge >= 0.3 is 0 Å². The Hall–Kier alpha value is -0.910. The fraction of sp³-hybridized carbons (Fsp3) is 0.769. The first kappa shape index (κ1) is 12.1. The van der Waals surface area contributed by atoms with Crippen LogP contribution in [0.5, 0.6) is 0 Å². The van der Waals surface area contributed by atoms with E-state index >= 15 is 0 Å². The van der Waals surface area contributed by atoms with Crippen molar-refractivity contribution in [1.29, 1.82) is 0 Å². The van der Waals surface area contributed by atoms with Gasteiger partial charge in [-0.2, -0.15) is 0 Å². The van der Waals surface area contributed by atoms with Crippen molar-refractivity contribution in [3.8, 4) is 0 Å². The lowest BCUT2D eigenvalue weighted by molar-refractivity contribution is -0.179. The van der Waals surface area contributed by atoms with Gasteiger partial charge < -0.3 is 19.4 Å². The van der Waals surface area contributed by atoms with Crippen LogP contribution in [0.1, 0.15) is 25.7 Å². The second-order valence-corrected chi connectivity index (χ2v) is 5.14. The molecule has 100 valence electrons. The van der Waals surface area contributed by atoms with E-state index in [-0.39, 0.29) is 5.79 Å². The molecule has 1 aliphatic carbocycles. The number of ether oxygens (including phenoxy) is 2. The molecule has 5 nitrogen and oxygen atoms in total. The van der Waals surface area contributed by atoms with Gasteiger partial charge in [0.15, 0.2) is 5.79 Å². The highest BCUT2D eigenvalue weighted by Crippen LogP contribution is 2.35. The zero-order chi connectivity index (χ0) is 12.3. The van der Waals surface area contributed by atoms with E-state index in [2.05, 4.69) is 14.9 Å². The molecule has 0 unspecified atom stereocenters. The van der Waals surface area contributed by atoms with Crippen molar-refractivity contribution in [2.24, 2.45) is 0 Å². The first-order valence-electron chi connectivity index (χ1n) is 6.83. The maximum atomic E-state index is 5.73. The fourth-order valence-corrected chi connectivity index (χ4v) is 2.86. The van der Waals surface area contributed by atoms with Gasteiger partial charge in [-0.15, -0.1) is 0 Å². The van der Waals surface area contributed by atoms with Gasteiger partial charge in [0.2, 0.25) is 0 Å². The quantitative estimate of drug-likeness (QED) is 0.872. The van der Waals surface area contributed by atoms with Crippen molar-refractivity contribution in [3.63, 3.8) is 0 Å².